The van der Waals surface area contributed by atoms with Crippen molar-refractivity contribution in [3.05, 3.63) is 41.1 Å². The maximum atomic E-state index is 5.53. The third-order valence-electron chi connectivity index (χ3n) is 3.87. The summed E-state index contributed by atoms with van der Waals surface area (Å²) < 4.78 is 0. The molecule has 1 rings (SSSR count). The van der Waals surface area contributed by atoms with Gasteiger partial charge in [-0.25, -0.2) is 0 Å². The molecule has 1 aromatic carbocycles. The minimum absolute atomic E-state index is 0.821. The standard InChI is InChI=1S/C18H30N2/c1-5-12-20(4)18-14-17(13-15(2)16(18)3)10-8-6-7-9-11-19/h5,12-14H,6-11,19H2,1-4H3/b12-5-. The summed E-state index contributed by atoms with van der Waals surface area (Å²) in [6.07, 6.45) is 10.3. The van der Waals surface area contributed by atoms with Crippen molar-refractivity contribution in [3.8, 4) is 0 Å². The van der Waals surface area contributed by atoms with E-state index in [2.05, 4.69) is 57.1 Å². The summed E-state index contributed by atoms with van der Waals surface area (Å²) >= 11 is 0. The zero-order valence-corrected chi connectivity index (χ0v) is 13.6. The van der Waals surface area contributed by atoms with Crippen LogP contribution in [0.5, 0.6) is 0 Å². The third kappa shape index (κ3) is 5.01. The summed E-state index contributed by atoms with van der Waals surface area (Å²) in [6, 6.07) is 4.68. The lowest BCUT2D eigenvalue weighted by Crippen LogP contribution is -2.10. The lowest BCUT2D eigenvalue weighted by Gasteiger charge is -2.20. The molecule has 0 bridgehead atoms. The predicted molar refractivity (Wildman–Crippen MR) is 90.4 cm³/mol. The van der Waals surface area contributed by atoms with E-state index in [1.165, 1.54) is 48.1 Å². The van der Waals surface area contributed by atoms with Gasteiger partial charge in [0.1, 0.15) is 0 Å². The molecule has 0 amide bonds. The first-order valence-electron chi connectivity index (χ1n) is 7.76. The van der Waals surface area contributed by atoms with E-state index in [1.807, 2.05) is 0 Å². The fourth-order valence-corrected chi connectivity index (χ4v) is 2.56. The second kappa shape index (κ2) is 8.80. The summed E-state index contributed by atoms with van der Waals surface area (Å²) in [5, 5.41) is 0. The number of hydrogen-bond donors (Lipinski definition) is 1. The van der Waals surface area contributed by atoms with Crippen molar-refractivity contribution < 1.29 is 0 Å². The van der Waals surface area contributed by atoms with E-state index < -0.39 is 0 Å². The Kier molecular flexibility index (Phi) is 7.38. The van der Waals surface area contributed by atoms with E-state index in [0.29, 0.717) is 0 Å². The van der Waals surface area contributed by atoms with Gasteiger partial charge < -0.3 is 10.6 Å². The first-order chi connectivity index (χ1) is 9.60. The zero-order chi connectivity index (χ0) is 15.0. The van der Waals surface area contributed by atoms with Gasteiger partial charge in [-0.05, 0) is 75.5 Å². The highest BCUT2D eigenvalue weighted by molar-refractivity contribution is 5.59. The largest absolute Gasteiger partial charge is 0.351 e. The third-order valence-corrected chi connectivity index (χ3v) is 3.87. The molecule has 20 heavy (non-hydrogen) atoms. The van der Waals surface area contributed by atoms with Crippen LogP contribution in [0.4, 0.5) is 5.69 Å². The molecule has 2 nitrogen and oxygen atoms in total. The molecular formula is C18H30N2. The molecule has 0 saturated carbocycles. The average Bonchev–Trinajstić information content (AvgIpc) is 2.42. The van der Waals surface area contributed by atoms with E-state index >= 15 is 0 Å². The van der Waals surface area contributed by atoms with Crippen molar-refractivity contribution in [2.24, 2.45) is 5.73 Å². The van der Waals surface area contributed by atoms with Crippen molar-refractivity contribution in [1.82, 2.24) is 0 Å². The SMILES string of the molecule is C/C=C\N(C)c1cc(CCCCCCN)cc(C)c1C. The molecule has 2 heteroatoms. The highest BCUT2D eigenvalue weighted by Gasteiger charge is 2.07. The average molecular weight is 274 g/mol. The van der Waals surface area contributed by atoms with Crippen LogP contribution >= 0.6 is 0 Å². The number of hydrogen-bond acceptors (Lipinski definition) is 2. The van der Waals surface area contributed by atoms with Gasteiger partial charge in [0.2, 0.25) is 0 Å². The highest BCUT2D eigenvalue weighted by atomic mass is 15.1. The van der Waals surface area contributed by atoms with Crippen LogP contribution in [0, 0.1) is 13.8 Å². The first-order valence-corrected chi connectivity index (χ1v) is 7.76. The Labute approximate surface area is 124 Å². The summed E-state index contributed by atoms with van der Waals surface area (Å²) in [7, 11) is 2.12. The van der Waals surface area contributed by atoms with Crippen molar-refractivity contribution in [2.75, 3.05) is 18.5 Å². The van der Waals surface area contributed by atoms with Gasteiger partial charge in [-0.15, -0.1) is 0 Å². The van der Waals surface area contributed by atoms with Crippen molar-refractivity contribution in [3.63, 3.8) is 0 Å². The van der Waals surface area contributed by atoms with Gasteiger partial charge in [0.15, 0.2) is 0 Å². The number of anilines is 1. The molecule has 0 spiro atoms. The van der Waals surface area contributed by atoms with Gasteiger partial charge in [-0.1, -0.05) is 25.0 Å². The topological polar surface area (TPSA) is 29.3 Å². The number of nitrogens with two attached hydrogens (primary N) is 1. The van der Waals surface area contributed by atoms with Crippen molar-refractivity contribution >= 4 is 5.69 Å². The molecule has 0 atom stereocenters. The molecule has 0 aliphatic carbocycles. The Morgan fingerprint density at radius 2 is 1.80 bits per heavy atom. The van der Waals surface area contributed by atoms with Gasteiger partial charge in [0.25, 0.3) is 0 Å². The van der Waals surface area contributed by atoms with Gasteiger partial charge in [0, 0.05) is 12.7 Å². The summed E-state index contributed by atoms with van der Waals surface area (Å²) in [6.45, 7) is 7.29. The molecular weight excluding hydrogens is 244 g/mol. The molecule has 2 N–H and O–H groups in total. The maximum Gasteiger partial charge on any atom is 0.0438 e. The zero-order valence-electron chi connectivity index (χ0n) is 13.6. The Bertz CT molecular complexity index is 435. The molecule has 0 aromatic heterocycles. The van der Waals surface area contributed by atoms with E-state index in [-0.39, 0.29) is 0 Å². The van der Waals surface area contributed by atoms with Gasteiger partial charge in [0.05, 0.1) is 0 Å². The second-order valence-corrected chi connectivity index (χ2v) is 5.60. The smallest absolute Gasteiger partial charge is 0.0438 e. The quantitative estimate of drug-likeness (QED) is 0.715. The van der Waals surface area contributed by atoms with Crippen LogP contribution < -0.4 is 10.6 Å². The normalized spacial score (nSPS) is 11.2. The summed E-state index contributed by atoms with van der Waals surface area (Å²) in [5.74, 6) is 0. The Morgan fingerprint density at radius 1 is 1.10 bits per heavy atom. The second-order valence-electron chi connectivity index (χ2n) is 5.60. The summed E-state index contributed by atoms with van der Waals surface area (Å²) in [4.78, 5) is 2.21. The minimum atomic E-state index is 0.821. The number of nitrogens with zero attached hydrogens (tertiary/aromatic N) is 1. The molecule has 0 fully saturated rings. The number of benzene rings is 1. The van der Waals surface area contributed by atoms with Gasteiger partial charge in [-0.3, -0.25) is 0 Å². The molecule has 0 radical (unpaired) electrons. The molecule has 0 unspecified atom stereocenters. The van der Waals surface area contributed by atoms with Crippen molar-refractivity contribution in [1.29, 1.82) is 0 Å². The molecule has 0 saturated heterocycles. The molecule has 1 aromatic rings. The lowest BCUT2D eigenvalue weighted by atomic mass is 9.99. The number of aryl methyl sites for hydroxylation is 2. The highest BCUT2D eigenvalue weighted by Crippen LogP contribution is 2.25. The van der Waals surface area contributed by atoms with Crippen LogP contribution in [-0.2, 0) is 6.42 Å². The Balaban J connectivity index is 2.73. The Morgan fingerprint density at radius 3 is 2.45 bits per heavy atom. The summed E-state index contributed by atoms with van der Waals surface area (Å²) in [5.41, 5.74) is 11.1. The van der Waals surface area contributed by atoms with Gasteiger partial charge >= 0.3 is 0 Å². The Hall–Kier alpha value is -1.28. The fraction of sp³-hybridized carbons (Fsp3) is 0.556. The van der Waals surface area contributed by atoms with Crippen LogP contribution in [0.25, 0.3) is 0 Å². The maximum absolute atomic E-state index is 5.53. The molecule has 112 valence electrons. The predicted octanol–water partition coefficient (Wildman–Crippen LogP) is 4.33. The van der Waals surface area contributed by atoms with Crippen LogP contribution in [0.15, 0.2) is 24.4 Å². The van der Waals surface area contributed by atoms with Crippen molar-refractivity contribution in [2.45, 2.75) is 52.9 Å². The van der Waals surface area contributed by atoms with E-state index in [0.717, 1.165) is 13.0 Å². The first kappa shape index (κ1) is 16.8. The number of allylic oxidation sites excluding steroid dienone is 1. The fourth-order valence-electron chi connectivity index (χ4n) is 2.56. The number of unbranched alkanes of at least 4 members (excludes halogenated alkanes) is 3. The molecule has 0 aliphatic heterocycles. The van der Waals surface area contributed by atoms with E-state index in [4.69, 9.17) is 5.73 Å². The van der Waals surface area contributed by atoms with E-state index in [1.54, 1.807) is 0 Å². The van der Waals surface area contributed by atoms with E-state index in [9.17, 15) is 0 Å². The number of rotatable bonds is 8. The monoisotopic (exact) mass is 274 g/mol. The van der Waals surface area contributed by atoms with Crippen LogP contribution in [0.3, 0.4) is 0 Å². The van der Waals surface area contributed by atoms with Gasteiger partial charge in [-0.2, -0.15) is 0 Å². The molecule has 0 heterocycles. The van der Waals surface area contributed by atoms with Crippen LogP contribution in [0.1, 0.15) is 49.3 Å². The minimum Gasteiger partial charge on any atom is -0.351 e. The lowest BCUT2D eigenvalue weighted by molar-refractivity contribution is 0.646. The molecule has 0 aliphatic rings. The van der Waals surface area contributed by atoms with Crippen LogP contribution in [0.2, 0.25) is 0 Å². The van der Waals surface area contributed by atoms with Crippen LogP contribution in [-0.4, -0.2) is 13.6 Å².